The number of likely N-dealkylation sites (N-methyl/N-ethyl adjacent to an activating group) is 2. The predicted molar refractivity (Wildman–Crippen MR) is 70.6 cm³/mol. The van der Waals surface area contributed by atoms with Crippen molar-refractivity contribution in [3.05, 3.63) is 0 Å². The van der Waals surface area contributed by atoms with E-state index in [1.54, 1.807) is 11.9 Å². The Morgan fingerprint density at radius 3 is 2.68 bits per heavy atom. The molecule has 0 saturated carbocycles. The van der Waals surface area contributed by atoms with Gasteiger partial charge in [-0.3, -0.25) is 9.59 Å². The van der Waals surface area contributed by atoms with E-state index in [0.29, 0.717) is 19.8 Å². The molecule has 6 nitrogen and oxygen atoms in total. The smallest absolute Gasteiger partial charge is 0.242 e. The van der Waals surface area contributed by atoms with E-state index in [1.165, 1.54) is 0 Å². The summed E-state index contributed by atoms with van der Waals surface area (Å²) in [6.45, 7) is 1.68. The fourth-order valence-corrected chi connectivity index (χ4v) is 2.93. The van der Waals surface area contributed by atoms with E-state index < -0.39 is 0 Å². The second-order valence-electron chi connectivity index (χ2n) is 5.20. The Labute approximate surface area is 113 Å². The van der Waals surface area contributed by atoms with Gasteiger partial charge in [-0.25, -0.2) is 0 Å². The number of amides is 2. The molecular weight excluding hydrogens is 246 g/mol. The zero-order chi connectivity index (χ0) is 13.8. The third-order valence-electron chi connectivity index (χ3n) is 4.10. The zero-order valence-electron chi connectivity index (χ0n) is 11.6. The Bertz CT molecular complexity index is 348. The van der Waals surface area contributed by atoms with E-state index in [1.807, 2.05) is 7.05 Å². The van der Waals surface area contributed by atoms with E-state index >= 15 is 0 Å². The van der Waals surface area contributed by atoms with Crippen LogP contribution in [0.15, 0.2) is 0 Å². The maximum Gasteiger partial charge on any atom is 0.242 e. The molecule has 2 amide bonds. The van der Waals surface area contributed by atoms with Crippen molar-refractivity contribution in [1.29, 1.82) is 0 Å². The van der Waals surface area contributed by atoms with Crippen LogP contribution in [0.2, 0.25) is 0 Å². The van der Waals surface area contributed by atoms with Crippen molar-refractivity contribution in [2.24, 2.45) is 5.92 Å². The van der Waals surface area contributed by atoms with Crippen molar-refractivity contribution < 1.29 is 14.3 Å². The third-order valence-corrected chi connectivity index (χ3v) is 4.10. The van der Waals surface area contributed by atoms with Crippen molar-refractivity contribution in [1.82, 2.24) is 15.5 Å². The summed E-state index contributed by atoms with van der Waals surface area (Å²) in [6, 6.07) is -0.260. The van der Waals surface area contributed by atoms with Crippen LogP contribution in [0.1, 0.15) is 19.3 Å². The van der Waals surface area contributed by atoms with Crippen LogP contribution in [0.4, 0.5) is 0 Å². The van der Waals surface area contributed by atoms with Crippen LogP contribution in [0.5, 0.6) is 0 Å². The zero-order valence-corrected chi connectivity index (χ0v) is 11.6. The molecule has 0 aliphatic carbocycles. The van der Waals surface area contributed by atoms with Crippen LogP contribution in [0.25, 0.3) is 0 Å². The fraction of sp³-hybridized carbons (Fsp3) is 0.846. The van der Waals surface area contributed by atoms with Crippen LogP contribution in [-0.4, -0.2) is 62.7 Å². The van der Waals surface area contributed by atoms with E-state index in [0.717, 1.165) is 19.3 Å². The number of hydrogen-bond donors (Lipinski definition) is 2. The van der Waals surface area contributed by atoms with E-state index in [2.05, 4.69) is 10.6 Å². The molecule has 2 saturated heterocycles. The topological polar surface area (TPSA) is 70.7 Å². The van der Waals surface area contributed by atoms with E-state index in [4.69, 9.17) is 4.74 Å². The number of nitrogens with zero attached hydrogens (tertiary/aromatic N) is 1. The van der Waals surface area contributed by atoms with Crippen molar-refractivity contribution in [3.8, 4) is 0 Å². The first kappa shape index (κ1) is 14.3. The van der Waals surface area contributed by atoms with Crippen molar-refractivity contribution in [3.63, 3.8) is 0 Å². The van der Waals surface area contributed by atoms with Gasteiger partial charge in [0.05, 0.1) is 19.1 Å². The Hall–Kier alpha value is -1.14. The summed E-state index contributed by atoms with van der Waals surface area (Å²) in [5.74, 6) is -0.187. The minimum absolute atomic E-state index is 0.0464. The van der Waals surface area contributed by atoms with Gasteiger partial charge in [0.15, 0.2) is 0 Å². The average Bonchev–Trinajstić information content (AvgIpc) is 2.94. The Morgan fingerprint density at radius 2 is 2.00 bits per heavy atom. The van der Waals surface area contributed by atoms with Gasteiger partial charge in [0.2, 0.25) is 11.8 Å². The second-order valence-corrected chi connectivity index (χ2v) is 5.20. The van der Waals surface area contributed by atoms with E-state index in [9.17, 15) is 9.59 Å². The molecule has 3 unspecified atom stereocenters. The highest BCUT2D eigenvalue weighted by Gasteiger charge is 2.40. The van der Waals surface area contributed by atoms with Crippen LogP contribution < -0.4 is 10.6 Å². The van der Waals surface area contributed by atoms with Gasteiger partial charge in [-0.15, -0.1) is 0 Å². The molecule has 2 heterocycles. The number of nitrogens with one attached hydrogen (secondary N) is 2. The number of carbonyl (C=O) groups excluding carboxylic acids is 2. The number of hydrogen-bond acceptors (Lipinski definition) is 4. The molecule has 3 atom stereocenters. The fourth-order valence-electron chi connectivity index (χ4n) is 2.93. The SMILES string of the molecule is CNC(=O)C1CCCCN1C(=O)C1COCC1NC. The number of piperidine rings is 1. The van der Waals surface area contributed by atoms with Gasteiger partial charge in [0.25, 0.3) is 0 Å². The molecule has 0 radical (unpaired) electrons. The van der Waals surface area contributed by atoms with Crippen LogP contribution in [-0.2, 0) is 14.3 Å². The lowest BCUT2D eigenvalue weighted by atomic mass is 9.96. The van der Waals surface area contributed by atoms with Crippen molar-refractivity contribution in [2.75, 3.05) is 33.9 Å². The average molecular weight is 269 g/mol. The summed E-state index contributed by atoms with van der Waals surface area (Å²) in [5.41, 5.74) is 0. The van der Waals surface area contributed by atoms with Gasteiger partial charge in [-0.1, -0.05) is 0 Å². The molecule has 0 aromatic rings. The number of ether oxygens (including phenoxy) is 1. The first-order valence-corrected chi connectivity index (χ1v) is 6.96. The summed E-state index contributed by atoms with van der Waals surface area (Å²) >= 11 is 0. The van der Waals surface area contributed by atoms with Gasteiger partial charge in [0, 0.05) is 19.6 Å². The Kier molecular flexibility index (Phi) is 4.76. The molecule has 2 fully saturated rings. The maximum absolute atomic E-state index is 12.6. The van der Waals surface area contributed by atoms with Crippen LogP contribution in [0.3, 0.4) is 0 Å². The van der Waals surface area contributed by atoms with Crippen molar-refractivity contribution >= 4 is 11.8 Å². The second kappa shape index (κ2) is 6.34. The van der Waals surface area contributed by atoms with Gasteiger partial charge in [0.1, 0.15) is 6.04 Å². The quantitative estimate of drug-likeness (QED) is 0.714. The van der Waals surface area contributed by atoms with Crippen LogP contribution >= 0.6 is 0 Å². The minimum Gasteiger partial charge on any atom is -0.379 e. The lowest BCUT2D eigenvalue weighted by molar-refractivity contribution is -0.145. The maximum atomic E-state index is 12.6. The predicted octanol–water partition coefficient (Wildman–Crippen LogP) is -0.652. The molecule has 0 aromatic heterocycles. The normalized spacial score (nSPS) is 31.3. The highest BCUT2D eigenvalue weighted by atomic mass is 16.5. The van der Waals surface area contributed by atoms with Crippen LogP contribution in [0, 0.1) is 5.92 Å². The standard InChI is InChI=1S/C13H23N3O3/c1-14-10-8-19-7-9(10)13(18)16-6-4-3-5-11(16)12(17)15-2/h9-11,14H,3-8H2,1-2H3,(H,15,17). The minimum atomic E-state index is -0.315. The largest absolute Gasteiger partial charge is 0.379 e. The number of carbonyl (C=O) groups is 2. The molecule has 2 aliphatic rings. The van der Waals surface area contributed by atoms with E-state index in [-0.39, 0.29) is 29.8 Å². The highest BCUT2D eigenvalue weighted by Crippen LogP contribution is 2.23. The summed E-state index contributed by atoms with van der Waals surface area (Å²) in [5, 5.41) is 5.77. The molecule has 2 rings (SSSR count). The molecule has 0 spiro atoms. The molecule has 0 aromatic carbocycles. The number of rotatable bonds is 3. The Balaban J connectivity index is 2.09. The van der Waals surface area contributed by atoms with Gasteiger partial charge in [-0.2, -0.15) is 0 Å². The monoisotopic (exact) mass is 269 g/mol. The molecule has 19 heavy (non-hydrogen) atoms. The van der Waals surface area contributed by atoms with Gasteiger partial charge < -0.3 is 20.3 Å². The molecular formula is C13H23N3O3. The van der Waals surface area contributed by atoms with Gasteiger partial charge in [-0.05, 0) is 26.3 Å². The number of likely N-dealkylation sites (tertiary alicyclic amines) is 1. The van der Waals surface area contributed by atoms with Gasteiger partial charge >= 0.3 is 0 Å². The summed E-state index contributed by atoms with van der Waals surface area (Å²) in [4.78, 5) is 26.3. The molecule has 108 valence electrons. The lowest BCUT2D eigenvalue weighted by Crippen LogP contribution is -2.55. The highest BCUT2D eigenvalue weighted by molar-refractivity contribution is 5.89. The van der Waals surface area contributed by atoms with Crippen molar-refractivity contribution in [2.45, 2.75) is 31.3 Å². The summed E-state index contributed by atoms with van der Waals surface area (Å²) in [6.07, 6.45) is 2.72. The molecule has 0 bridgehead atoms. The third kappa shape index (κ3) is 2.90. The lowest BCUT2D eigenvalue weighted by Gasteiger charge is -2.36. The summed E-state index contributed by atoms with van der Waals surface area (Å²) in [7, 11) is 3.46. The summed E-state index contributed by atoms with van der Waals surface area (Å²) < 4.78 is 5.38. The first-order chi connectivity index (χ1) is 9.19. The Morgan fingerprint density at radius 1 is 1.21 bits per heavy atom. The molecule has 6 heteroatoms. The molecule has 2 aliphatic heterocycles. The molecule has 2 N–H and O–H groups in total. The first-order valence-electron chi connectivity index (χ1n) is 6.96.